The number of nitro benzene ring substituents is 1. The summed E-state index contributed by atoms with van der Waals surface area (Å²) in [5.41, 5.74) is 0.761. The Balaban J connectivity index is 1.48. The first-order valence-corrected chi connectivity index (χ1v) is 11.6. The minimum absolute atomic E-state index is 0.0285. The van der Waals surface area contributed by atoms with Gasteiger partial charge in [-0.15, -0.1) is 0 Å². The van der Waals surface area contributed by atoms with E-state index in [1.54, 1.807) is 42.6 Å². The number of carbonyl (C=O) groups excluding carboxylic acids is 1. The highest BCUT2D eigenvalue weighted by atomic mass is 35.5. The van der Waals surface area contributed by atoms with E-state index in [4.69, 9.17) is 30.5 Å². The Labute approximate surface area is 222 Å². The third-order valence-electron chi connectivity index (χ3n) is 5.32. The zero-order valence-corrected chi connectivity index (χ0v) is 21.4. The minimum atomic E-state index is -0.576. The Morgan fingerprint density at radius 3 is 2.45 bits per heavy atom. The number of amides is 1. The number of hydrogen-bond acceptors (Lipinski definition) is 8. The van der Waals surface area contributed by atoms with Crippen LogP contribution in [0.1, 0.15) is 16.1 Å². The van der Waals surface area contributed by atoms with Crippen LogP contribution in [0.3, 0.4) is 0 Å². The second-order valence-corrected chi connectivity index (χ2v) is 8.35. The van der Waals surface area contributed by atoms with Crippen molar-refractivity contribution in [3.8, 4) is 28.7 Å². The molecule has 0 radical (unpaired) electrons. The van der Waals surface area contributed by atoms with Crippen molar-refractivity contribution in [3.05, 3.63) is 93.3 Å². The summed E-state index contributed by atoms with van der Waals surface area (Å²) < 4.78 is 23.6. The average molecular weight is 539 g/mol. The number of methoxy groups -OCH3 is 2. The molecule has 1 amide bonds. The molecule has 0 aliphatic rings. The lowest BCUT2D eigenvalue weighted by Gasteiger charge is -2.13. The lowest BCUT2D eigenvalue weighted by atomic mass is 10.2. The van der Waals surface area contributed by atoms with Gasteiger partial charge in [-0.05, 0) is 48.9 Å². The zero-order valence-electron chi connectivity index (χ0n) is 20.6. The van der Waals surface area contributed by atoms with Crippen LogP contribution in [0.15, 0.2) is 66.9 Å². The minimum Gasteiger partial charge on any atom is -0.493 e. The van der Waals surface area contributed by atoms with E-state index < -0.39 is 10.8 Å². The molecule has 3 aromatic carbocycles. The van der Waals surface area contributed by atoms with E-state index in [1.807, 2.05) is 6.92 Å². The molecule has 0 aliphatic heterocycles. The molecule has 4 aromatic rings. The van der Waals surface area contributed by atoms with E-state index in [0.29, 0.717) is 28.0 Å². The largest absolute Gasteiger partial charge is 0.493 e. The molecule has 196 valence electrons. The first-order valence-electron chi connectivity index (χ1n) is 11.2. The van der Waals surface area contributed by atoms with Gasteiger partial charge in [0.15, 0.2) is 23.9 Å². The van der Waals surface area contributed by atoms with Crippen LogP contribution < -0.4 is 24.3 Å². The van der Waals surface area contributed by atoms with Crippen LogP contribution in [0.2, 0.25) is 5.02 Å². The molecule has 0 spiro atoms. The number of anilines is 1. The number of nitrogens with one attached hydrogen (secondary N) is 1. The predicted octanol–water partition coefficient (Wildman–Crippen LogP) is 5.85. The summed E-state index contributed by atoms with van der Waals surface area (Å²) >= 11 is 6.05. The van der Waals surface area contributed by atoms with Crippen molar-refractivity contribution in [1.82, 2.24) is 9.78 Å². The zero-order chi connectivity index (χ0) is 27.2. The topological polar surface area (TPSA) is 127 Å². The maximum Gasteiger partial charge on any atom is 0.276 e. The van der Waals surface area contributed by atoms with Gasteiger partial charge in [-0.2, -0.15) is 5.10 Å². The molecule has 4 rings (SSSR count). The fourth-order valence-electron chi connectivity index (χ4n) is 3.48. The summed E-state index contributed by atoms with van der Waals surface area (Å²) in [6, 6.07) is 15.7. The number of hydrogen-bond donors (Lipinski definition) is 1. The van der Waals surface area contributed by atoms with Gasteiger partial charge in [-0.25, -0.2) is 4.68 Å². The number of benzene rings is 3. The van der Waals surface area contributed by atoms with E-state index in [0.717, 1.165) is 5.56 Å². The Morgan fingerprint density at radius 1 is 1.05 bits per heavy atom. The molecule has 38 heavy (non-hydrogen) atoms. The number of non-ortho nitro benzene ring substituents is 1. The summed E-state index contributed by atoms with van der Waals surface area (Å²) in [7, 11) is 3.03. The monoisotopic (exact) mass is 538 g/mol. The van der Waals surface area contributed by atoms with Crippen molar-refractivity contribution in [3.63, 3.8) is 0 Å². The van der Waals surface area contributed by atoms with Crippen molar-refractivity contribution in [1.29, 1.82) is 0 Å². The summed E-state index contributed by atoms with van der Waals surface area (Å²) in [5, 5.41) is 18.9. The molecule has 1 heterocycles. The van der Waals surface area contributed by atoms with Gasteiger partial charge in [-0.3, -0.25) is 14.9 Å². The van der Waals surface area contributed by atoms with Gasteiger partial charge >= 0.3 is 0 Å². The van der Waals surface area contributed by atoms with Crippen LogP contribution in [-0.4, -0.2) is 34.8 Å². The fourth-order valence-corrected chi connectivity index (χ4v) is 3.59. The smallest absolute Gasteiger partial charge is 0.276 e. The predicted molar refractivity (Wildman–Crippen MR) is 140 cm³/mol. The van der Waals surface area contributed by atoms with Crippen molar-refractivity contribution in [2.24, 2.45) is 0 Å². The van der Waals surface area contributed by atoms with Crippen LogP contribution >= 0.6 is 11.6 Å². The van der Waals surface area contributed by atoms with Gasteiger partial charge in [0.1, 0.15) is 11.5 Å². The Morgan fingerprint density at radius 2 is 1.79 bits per heavy atom. The van der Waals surface area contributed by atoms with Gasteiger partial charge in [0, 0.05) is 23.4 Å². The number of nitro groups is 1. The average Bonchev–Trinajstić information content (AvgIpc) is 3.38. The second-order valence-electron chi connectivity index (χ2n) is 7.95. The number of ether oxygens (including phenoxy) is 4. The molecule has 0 aliphatic carbocycles. The molecular formula is C26H23ClN4O7. The molecule has 0 fully saturated rings. The second kappa shape index (κ2) is 11.5. The third kappa shape index (κ3) is 6.13. The first kappa shape index (κ1) is 26.3. The molecule has 1 N–H and O–H groups in total. The molecule has 0 saturated heterocycles. The van der Waals surface area contributed by atoms with E-state index in [9.17, 15) is 14.9 Å². The van der Waals surface area contributed by atoms with Crippen LogP contribution in [0, 0.1) is 17.0 Å². The summed E-state index contributed by atoms with van der Waals surface area (Å²) in [6.07, 6.45) is 1.56. The van der Waals surface area contributed by atoms with Gasteiger partial charge in [0.05, 0.1) is 30.9 Å². The van der Waals surface area contributed by atoms with Crippen molar-refractivity contribution in [2.75, 3.05) is 19.5 Å². The Bertz CT molecular complexity index is 1470. The molecule has 0 saturated carbocycles. The van der Waals surface area contributed by atoms with Gasteiger partial charge in [-0.1, -0.05) is 17.7 Å². The lowest BCUT2D eigenvalue weighted by Crippen LogP contribution is -2.14. The number of carbonyl (C=O) groups is 1. The first-order chi connectivity index (χ1) is 18.3. The molecule has 0 unspecified atom stereocenters. The van der Waals surface area contributed by atoms with Crippen molar-refractivity contribution < 1.29 is 28.7 Å². The maximum atomic E-state index is 12.8. The quantitative estimate of drug-likeness (QED) is 0.197. The standard InChI is InChI=1S/C26H23ClN4O7/c1-16-11-19(7-8-21(16)27)38-20-13-17(12-18(14-20)31(33)34)28-26(32)22-9-10-30(29-22)15-37-25-23(35-2)5-4-6-24(25)36-3/h4-14H,15H2,1-3H3,(H,28,32). The number of rotatable bonds is 10. The van der Waals surface area contributed by atoms with Crippen LogP contribution in [0.4, 0.5) is 11.4 Å². The van der Waals surface area contributed by atoms with E-state index >= 15 is 0 Å². The summed E-state index contributed by atoms with van der Waals surface area (Å²) in [4.78, 5) is 23.7. The van der Waals surface area contributed by atoms with Gasteiger partial charge in [0.25, 0.3) is 11.6 Å². The molecule has 12 heteroatoms. The molecule has 0 atom stereocenters. The maximum absolute atomic E-state index is 12.8. The number of nitrogens with zero attached hydrogens (tertiary/aromatic N) is 3. The van der Waals surface area contributed by atoms with Crippen molar-refractivity contribution in [2.45, 2.75) is 13.7 Å². The van der Waals surface area contributed by atoms with E-state index in [-0.39, 0.29) is 29.5 Å². The third-order valence-corrected chi connectivity index (χ3v) is 5.75. The summed E-state index contributed by atoms with van der Waals surface area (Å²) in [6.45, 7) is 1.78. The highest BCUT2D eigenvalue weighted by Gasteiger charge is 2.17. The summed E-state index contributed by atoms with van der Waals surface area (Å²) in [5.74, 6) is 1.38. The van der Waals surface area contributed by atoms with Crippen LogP contribution in [0.25, 0.3) is 0 Å². The normalized spacial score (nSPS) is 10.5. The highest BCUT2D eigenvalue weighted by molar-refractivity contribution is 6.31. The van der Waals surface area contributed by atoms with Gasteiger partial charge in [0.2, 0.25) is 5.75 Å². The molecule has 11 nitrogen and oxygen atoms in total. The fraction of sp³-hybridized carbons (Fsp3) is 0.154. The Kier molecular flexibility index (Phi) is 7.97. The lowest BCUT2D eigenvalue weighted by molar-refractivity contribution is -0.384. The van der Waals surface area contributed by atoms with E-state index in [2.05, 4.69) is 10.4 Å². The van der Waals surface area contributed by atoms with E-state index in [1.165, 1.54) is 43.2 Å². The van der Waals surface area contributed by atoms with Crippen LogP contribution in [-0.2, 0) is 6.73 Å². The van der Waals surface area contributed by atoms with Crippen molar-refractivity contribution >= 4 is 28.9 Å². The highest BCUT2D eigenvalue weighted by Crippen LogP contribution is 2.37. The SMILES string of the molecule is COc1cccc(OC)c1OCn1ccc(C(=O)Nc2cc(Oc3ccc(Cl)c(C)c3)cc([N+](=O)[O-])c2)n1. The van der Waals surface area contributed by atoms with Gasteiger partial charge < -0.3 is 24.3 Å². The Hall–Kier alpha value is -4.77. The number of para-hydroxylation sites is 1. The van der Waals surface area contributed by atoms with Crippen LogP contribution in [0.5, 0.6) is 28.7 Å². The number of aryl methyl sites for hydroxylation is 1. The molecule has 1 aromatic heterocycles. The molecular weight excluding hydrogens is 516 g/mol. The number of aromatic nitrogens is 2. The number of halogens is 1. The molecule has 0 bridgehead atoms.